The number of benzene rings is 2. The van der Waals surface area contributed by atoms with E-state index in [1.807, 2.05) is 36.3 Å². The lowest BCUT2D eigenvalue weighted by Gasteiger charge is -2.28. The van der Waals surface area contributed by atoms with E-state index in [2.05, 4.69) is 37.4 Å². The number of hydrogen-bond acceptors (Lipinski definition) is 10. The van der Waals surface area contributed by atoms with Crippen molar-refractivity contribution in [2.24, 2.45) is 11.6 Å². The molecule has 0 aromatic heterocycles. The first-order chi connectivity index (χ1) is 19.3. The number of thioether (sulfide) groups is 1. The Morgan fingerprint density at radius 3 is 2.49 bits per heavy atom. The number of carbonyl (C=O) groups is 1. The number of rotatable bonds is 9. The zero-order valence-electron chi connectivity index (χ0n) is 24.6. The zero-order valence-corrected chi connectivity index (χ0v) is 26.2. The summed E-state index contributed by atoms with van der Waals surface area (Å²) in [6, 6.07) is 9.26. The molecule has 0 atom stereocenters. The maximum absolute atomic E-state index is 13.5. The number of ether oxygens (including phenoxy) is 2. The lowest BCUT2D eigenvalue weighted by molar-refractivity contribution is 0.0691. The number of aryl methyl sites for hydroxylation is 1. The standard InChI is InChI=1S/C29H41N7O3S2/c1-18-8-9-20(27(37)33-23-15-21(29(3,4)5)16-24(34-40-7)26(23)38-6)14-25(18)36(32)17-22(30)19(2)41-28(31)35-10-12-39-13-11-35/h8-9,14-17,31,34H,2,10-13,30,32H2,1,3-7H3,(H,33,37)/b22-17-,31-28?. The molecule has 7 N–H and O–H groups in total. The molecule has 1 fully saturated rings. The van der Waals surface area contributed by atoms with Crippen LogP contribution in [0, 0.1) is 12.3 Å². The van der Waals surface area contributed by atoms with E-state index in [0.717, 1.165) is 16.8 Å². The summed E-state index contributed by atoms with van der Waals surface area (Å²) >= 11 is 2.62. The maximum Gasteiger partial charge on any atom is 0.255 e. The average molecular weight is 600 g/mol. The van der Waals surface area contributed by atoms with E-state index < -0.39 is 0 Å². The van der Waals surface area contributed by atoms with Crippen LogP contribution in [-0.2, 0) is 10.2 Å². The molecule has 1 amide bonds. The minimum absolute atomic E-state index is 0.146. The van der Waals surface area contributed by atoms with Gasteiger partial charge in [-0.15, -0.1) is 0 Å². The van der Waals surface area contributed by atoms with Crippen LogP contribution in [0.4, 0.5) is 17.1 Å². The molecule has 0 bridgehead atoms. The molecule has 1 saturated heterocycles. The molecule has 0 spiro atoms. The maximum atomic E-state index is 13.5. The van der Waals surface area contributed by atoms with Crippen molar-refractivity contribution in [3.8, 4) is 5.75 Å². The highest BCUT2D eigenvalue weighted by Crippen LogP contribution is 2.40. The van der Waals surface area contributed by atoms with Crippen LogP contribution in [-0.4, -0.2) is 55.6 Å². The molecule has 0 aliphatic carbocycles. The van der Waals surface area contributed by atoms with Crippen LogP contribution in [0.15, 0.2) is 53.7 Å². The van der Waals surface area contributed by atoms with Gasteiger partial charge in [-0.3, -0.25) is 15.2 Å². The molecule has 10 nitrogen and oxygen atoms in total. The Balaban J connectivity index is 1.82. The van der Waals surface area contributed by atoms with Crippen LogP contribution in [0.25, 0.3) is 0 Å². The Bertz CT molecular complexity index is 1320. The van der Waals surface area contributed by atoms with Gasteiger partial charge in [-0.05, 0) is 47.7 Å². The number of hydrogen-bond donors (Lipinski definition) is 5. The molecule has 0 saturated carbocycles. The van der Waals surface area contributed by atoms with Gasteiger partial charge >= 0.3 is 0 Å². The number of amidine groups is 1. The van der Waals surface area contributed by atoms with Crippen molar-refractivity contribution < 1.29 is 14.3 Å². The van der Waals surface area contributed by atoms with Crippen LogP contribution in [0.5, 0.6) is 5.75 Å². The van der Waals surface area contributed by atoms with E-state index in [0.29, 0.717) is 64.8 Å². The summed E-state index contributed by atoms with van der Waals surface area (Å²) < 4.78 is 14.3. The number of methoxy groups -OCH3 is 1. The van der Waals surface area contributed by atoms with Gasteiger partial charge in [0, 0.05) is 36.0 Å². The van der Waals surface area contributed by atoms with Gasteiger partial charge < -0.3 is 30.1 Å². The van der Waals surface area contributed by atoms with Crippen LogP contribution in [0.2, 0.25) is 0 Å². The summed E-state index contributed by atoms with van der Waals surface area (Å²) in [4.78, 5) is 15.9. The normalized spacial score (nSPS) is 13.9. The van der Waals surface area contributed by atoms with Gasteiger partial charge in [-0.1, -0.05) is 57.1 Å². The van der Waals surface area contributed by atoms with Gasteiger partial charge in [0.25, 0.3) is 5.91 Å². The fourth-order valence-corrected chi connectivity index (χ4v) is 5.17. The second kappa shape index (κ2) is 14.0. The number of hydrazine groups is 1. The molecule has 2 aromatic rings. The van der Waals surface area contributed by atoms with Crippen molar-refractivity contribution in [1.82, 2.24) is 4.90 Å². The fourth-order valence-electron chi connectivity index (χ4n) is 4.08. The molecular weight excluding hydrogens is 558 g/mol. The molecule has 3 rings (SSSR count). The van der Waals surface area contributed by atoms with Gasteiger partial charge in [-0.25, -0.2) is 5.84 Å². The van der Waals surface area contributed by atoms with E-state index >= 15 is 0 Å². The van der Waals surface area contributed by atoms with Crippen molar-refractivity contribution in [2.45, 2.75) is 33.1 Å². The predicted molar refractivity (Wildman–Crippen MR) is 174 cm³/mol. The summed E-state index contributed by atoms with van der Waals surface area (Å²) in [5.74, 6) is 6.61. The minimum atomic E-state index is -0.310. The lowest BCUT2D eigenvalue weighted by atomic mass is 9.86. The van der Waals surface area contributed by atoms with E-state index in [1.54, 1.807) is 25.4 Å². The van der Waals surface area contributed by atoms with Crippen molar-refractivity contribution in [3.63, 3.8) is 0 Å². The fraction of sp³-hybridized carbons (Fsp3) is 0.379. The highest BCUT2D eigenvalue weighted by atomic mass is 32.2. The third kappa shape index (κ3) is 8.35. The average Bonchev–Trinajstić information content (AvgIpc) is 2.93. The first-order valence-corrected chi connectivity index (χ1v) is 15.1. The van der Waals surface area contributed by atoms with Gasteiger partial charge in [0.2, 0.25) is 0 Å². The van der Waals surface area contributed by atoms with Crippen molar-refractivity contribution in [3.05, 3.63) is 70.4 Å². The first kappa shape index (κ1) is 32.2. The SMILES string of the molecule is C=C(SC(=N)N1CCOCC1)/C(N)=C/N(N)c1cc(C(=O)Nc2cc(C(C)(C)C)cc(NSC)c2OC)ccc1C. The summed E-state index contributed by atoms with van der Waals surface area (Å²) in [5.41, 5.74) is 10.7. The van der Waals surface area contributed by atoms with Crippen LogP contribution >= 0.6 is 23.7 Å². The Kier molecular flexibility index (Phi) is 11.0. The third-order valence-corrected chi connectivity index (χ3v) is 7.84. The largest absolute Gasteiger partial charge is 0.492 e. The highest BCUT2D eigenvalue weighted by Gasteiger charge is 2.22. The number of nitrogens with two attached hydrogens (primary N) is 2. The van der Waals surface area contributed by atoms with Gasteiger partial charge in [-0.2, -0.15) is 0 Å². The molecule has 1 aliphatic rings. The lowest BCUT2D eigenvalue weighted by Crippen LogP contribution is -2.39. The molecule has 222 valence electrons. The number of carbonyl (C=O) groups excluding carboxylic acids is 1. The minimum Gasteiger partial charge on any atom is -0.492 e. The molecule has 12 heteroatoms. The Morgan fingerprint density at radius 1 is 1.22 bits per heavy atom. The van der Waals surface area contributed by atoms with Crippen LogP contribution in [0.1, 0.15) is 42.3 Å². The second-order valence-electron chi connectivity index (χ2n) is 10.5. The third-order valence-electron chi connectivity index (χ3n) is 6.49. The Hall–Kier alpha value is -3.32. The summed E-state index contributed by atoms with van der Waals surface area (Å²) in [5, 5.41) is 13.1. The summed E-state index contributed by atoms with van der Waals surface area (Å²) in [6.07, 6.45) is 3.47. The molecule has 0 radical (unpaired) electrons. The van der Waals surface area contributed by atoms with Crippen LogP contribution in [0.3, 0.4) is 0 Å². The van der Waals surface area contributed by atoms with E-state index in [9.17, 15) is 4.79 Å². The molecule has 0 unspecified atom stereocenters. The van der Waals surface area contributed by atoms with Crippen molar-refractivity contribution in [1.29, 1.82) is 5.41 Å². The number of morpholine rings is 1. The van der Waals surface area contributed by atoms with Gasteiger partial charge in [0.15, 0.2) is 10.9 Å². The number of amides is 1. The van der Waals surface area contributed by atoms with E-state index in [1.165, 1.54) is 28.7 Å². The molecule has 41 heavy (non-hydrogen) atoms. The molecule has 2 aromatic carbocycles. The molecular formula is C29H41N7O3S2. The smallest absolute Gasteiger partial charge is 0.255 e. The Morgan fingerprint density at radius 2 is 1.88 bits per heavy atom. The topological polar surface area (TPSA) is 142 Å². The molecule has 1 aliphatic heterocycles. The van der Waals surface area contributed by atoms with Crippen molar-refractivity contribution in [2.75, 3.05) is 54.7 Å². The number of nitrogens with one attached hydrogen (secondary N) is 3. The summed E-state index contributed by atoms with van der Waals surface area (Å²) in [6.45, 7) is 14.7. The van der Waals surface area contributed by atoms with Gasteiger partial charge in [0.1, 0.15) is 0 Å². The number of nitrogens with zero attached hydrogens (tertiary/aromatic N) is 2. The molecule has 1 heterocycles. The summed E-state index contributed by atoms with van der Waals surface area (Å²) in [7, 11) is 1.58. The second-order valence-corrected chi connectivity index (χ2v) is 12.2. The van der Waals surface area contributed by atoms with E-state index in [4.69, 9.17) is 26.5 Å². The van der Waals surface area contributed by atoms with Gasteiger partial charge in [0.05, 0.1) is 43.1 Å². The van der Waals surface area contributed by atoms with E-state index in [-0.39, 0.29) is 11.3 Å². The predicted octanol–water partition coefficient (Wildman–Crippen LogP) is 5.24. The monoisotopic (exact) mass is 599 g/mol. The first-order valence-electron chi connectivity index (χ1n) is 13.1. The highest BCUT2D eigenvalue weighted by molar-refractivity contribution is 8.17. The zero-order chi connectivity index (χ0) is 30.3. The Labute approximate surface area is 251 Å². The van der Waals surface area contributed by atoms with Crippen LogP contribution < -0.4 is 31.4 Å². The quantitative estimate of drug-likeness (QED) is 0.0649. The van der Waals surface area contributed by atoms with Crippen molar-refractivity contribution >= 4 is 51.8 Å². The number of anilines is 3.